The van der Waals surface area contributed by atoms with Crippen molar-refractivity contribution in [2.45, 2.75) is 0 Å². The Bertz CT molecular complexity index is 1310. The van der Waals surface area contributed by atoms with Crippen molar-refractivity contribution in [2.75, 3.05) is 14.2 Å². The highest BCUT2D eigenvalue weighted by atomic mass is 31.2. The summed E-state index contributed by atoms with van der Waals surface area (Å²) in [6, 6.07) is 32.4. The number of nitrogens with zero attached hydrogens (tertiary/aromatic N) is 1. The van der Waals surface area contributed by atoms with Crippen molar-refractivity contribution in [3.05, 3.63) is 120 Å². The van der Waals surface area contributed by atoms with Gasteiger partial charge < -0.3 is 14.6 Å². The zero-order valence-corrected chi connectivity index (χ0v) is 20.3. The lowest BCUT2D eigenvalue weighted by Gasteiger charge is -2.26. The molecule has 4 aromatic carbocycles. The molecule has 0 unspecified atom stereocenters. The first kappa shape index (κ1) is 24.0. The Balaban J connectivity index is 1.88. The average Bonchev–Trinajstić information content (AvgIpc) is 2.93. The zero-order chi connectivity index (χ0) is 24.7. The molecular weight excluding hydrogens is 459 g/mol. The Morgan fingerprint density at radius 3 is 1.49 bits per heavy atom. The van der Waals surface area contributed by atoms with E-state index in [0.717, 1.165) is 10.6 Å². The molecule has 0 fully saturated rings. The van der Waals surface area contributed by atoms with Crippen molar-refractivity contribution in [3.8, 4) is 11.5 Å². The summed E-state index contributed by atoms with van der Waals surface area (Å²) in [6.45, 7) is 0. The number of carbonyl (C=O) groups is 2. The quantitative estimate of drug-likeness (QED) is 0.373. The van der Waals surface area contributed by atoms with E-state index in [1.54, 1.807) is 62.8 Å². The topological polar surface area (TPSA) is 77.0 Å². The van der Waals surface area contributed by atoms with Gasteiger partial charge in [-0.05, 0) is 48.5 Å². The highest BCUT2D eigenvalue weighted by Gasteiger charge is 2.29. The van der Waals surface area contributed by atoms with Gasteiger partial charge in [0.25, 0.3) is 11.8 Å². The summed E-state index contributed by atoms with van der Waals surface area (Å²) in [5.74, 6) is 0.526. The molecule has 2 amide bonds. The molecular formula is C28H25N2O4P. The van der Waals surface area contributed by atoms with Crippen molar-refractivity contribution in [3.63, 3.8) is 0 Å². The Morgan fingerprint density at radius 2 is 1.06 bits per heavy atom. The van der Waals surface area contributed by atoms with Gasteiger partial charge in [0.2, 0.25) is 0 Å². The first-order valence-corrected chi connectivity index (χ1v) is 12.7. The molecule has 0 spiro atoms. The summed E-state index contributed by atoms with van der Waals surface area (Å²) < 4.78 is 15.2. The van der Waals surface area contributed by atoms with Gasteiger partial charge in [0.05, 0.1) is 14.2 Å². The zero-order valence-electron chi connectivity index (χ0n) is 19.4. The van der Waals surface area contributed by atoms with E-state index in [1.165, 1.54) is 0 Å². The van der Waals surface area contributed by atoms with Gasteiger partial charge in [-0.15, -0.1) is 0 Å². The Kier molecular flexibility index (Phi) is 7.44. The van der Waals surface area contributed by atoms with E-state index in [1.807, 2.05) is 60.7 Å². The van der Waals surface area contributed by atoms with Gasteiger partial charge in [-0.1, -0.05) is 60.7 Å². The van der Waals surface area contributed by atoms with Crippen molar-refractivity contribution < 1.29 is 19.1 Å². The average molecular weight is 484 g/mol. The van der Waals surface area contributed by atoms with Gasteiger partial charge in [-0.25, -0.2) is 0 Å². The lowest BCUT2D eigenvalue weighted by atomic mass is 10.2. The first-order valence-electron chi connectivity index (χ1n) is 10.9. The standard InChI is InChI=1S/C28H25N2O4P/c1-33-23-17-13-21(14-18-23)27(31)29-35(25-9-5-3-6-10-25,26-11-7-4-8-12-26)30-28(32)22-15-19-24(34-2)20-16-22/h3-20H,1-2H3,(H,29,31). The molecule has 0 heterocycles. The summed E-state index contributed by atoms with van der Waals surface area (Å²) in [6.07, 6.45) is 0. The molecule has 0 radical (unpaired) electrons. The number of methoxy groups -OCH3 is 2. The highest BCUT2D eigenvalue weighted by Crippen LogP contribution is 2.44. The number of ether oxygens (including phenoxy) is 2. The molecule has 176 valence electrons. The van der Waals surface area contributed by atoms with Crippen molar-refractivity contribution in [1.82, 2.24) is 5.09 Å². The number of amides is 2. The molecule has 7 heteroatoms. The molecule has 4 aromatic rings. The molecule has 0 aromatic heterocycles. The minimum atomic E-state index is -3.07. The van der Waals surface area contributed by atoms with Crippen LogP contribution in [-0.2, 0) is 0 Å². The lowest BCUT2D eigenvalue weighted by molar-refractivity contribution is 0.0982. The largest absolute Gasteiger partial charge is 0.497 e. The Morgan fingerprint density at radius 1 is 0.629 bits per heavy atom. The van der Waals surface area contributed by atoms with Crippen molar-refractivity contribution in [1.29, 1.82) is 0 Å². The van der Waals surface area contributed by atoms with Crippen LogP contribution in [0.3, 0.4) is 0 Å². The number of rotatable bonds is 7. The SMILES string of the molecule is COc1ccc(C(=O)N=P(NC(=O)c2ccc(OC)cc2)(c2ccccc2)c2ccccc2)cc1. The minimum absolute atomic E-state index is 0.333. The van der Waals surface area contributed by atoms with E-state index in [4.69, 9.17) is 14.2 Å². The molecule has 0 saturated carbocycles. The summed E-state index contributed by atoms with van der Waals surface area (Å²) >= 11 is 0. The molecule has 4 rings (SSSR count). The van der Waals surface area contributed by atoms with E-state index >= 15 is 0 Å². The van der Waals surface area contributed by atoms with Crippen LogP contribution in [0.5, 0.6) is 11.5 Å². The lowest BCUT2D eigenvalue weighted by Crippen LogP contribution is -2.33. The first-order chi connectivity index (χ1) is 17.1. The summed E-state index contributed by atoms with van der Waals surface area (Å²) in [5, 5.41) is 4.68. The van der Waals surface area contributed by atoms with Crippen LogP contribution in [0.2, 0.25) is 0 Å². The van der Waals surface area contributed by atoms with Gasteiger partial charge in [0.15, 0.2) is 0 Å². The van der Waals surface area contributed by atoms with Crippen LogP contribution < -0.4 is 25.2 Å². The maximum Gasteiger partial charge on any atom is 0.277 e. The number of hydrogen-bond donors (Lipinski definition) is 1. The Labute approximate surface area is 204 Å². The van der Waals surface area contributed by atoms with E-state index < -0.39 is 13.1 Å². The second kappa shape index (κ2) is 10.9. The molecule has 6 nitrogen and oxygen atoms in total. The molecule has 1 N–H and O–H groups in total. The molecule has 0 aliphatic carbocycles. The molecule has 35 heavy (non-hydrogen) atoms. The normalized spacial score (nSPS) is 10.8. The Hall–Kier alpha value is -4.15. The number of hydrogen-bond acceptors (Lipinski definition) is 4. The van der Waals surface area contributed by atoms with Crippen LogP contribution in [0.25, 0.3) is 0 Å². The van der Waals surface area contributed by atoms with E-state index in [-0.39, 0.29) is 5.91 Å². The van der Waals surface area contributed by atoms with Crippen molar-refractivity contribution >= 4 is 29.6 Å². The van der Waals surface area contributed by atoms with E-state index in [0.29, 0.717) is 22.6 Å². The molecule has 0 saturated heterocycles. The molecule has 0 aliphatic rings. The van der Waals surface area contributed by atoms with Crippen LogP contribution in [0, 0.1) is 0 Å². The van der Waals surface area contributed by atoms with Crippen LogP contribution in [0.4, 0.5) is 0 Å². The van der Waals surface area contributed by atoms with Crippen LogP contribution in [0.1, 0.15) is 20.7 Å². The summed E-state index contributed by atoms with van der Waals surface area (Å²) in [5.41, 5.74) is 0.842. The fourth-order valence-electron chi connectivity index (χ4n) is 3.59. The number of nitrogens with one attached hydrogen (secondary N) is 1. The van der Waals surface area contributed by atoms with E-state index in [9.17, 15) is 9.59 Å². The van der Waals surface area contributed by atoms with Gasteiger partial charge in [0, 0.05) is 21.7 Å². The molecule has 0 aliphatic heterocycles. The number of benzene rings is 4. The van der Waals surface area contributed by atoms with Gasteiger partial charge in [-0.3, -0.25) is 9.59 Å². The maximum absolute atomic E-state index is 13.5. The monoisotopic (exact) mass is 484 g/mol. The van der Waals surface area contributed by atoms with Crippen LogP contribution in [0.15, 0.2) is 114 Å². The third kappa shape index (κ3) is 5.34. The maximum atomic E-state index is 13.5. The third-order valence-electron chi connectivity index (χ3n) is 5.45. The van der Waals surface area contributed by atoms with Gasteiger partial charge in [0.1, 0.15) is 18.7 Å². The fourth-order valence-corrected chi connectivity index (χ4v) is 6.44. The van der Waals surface area contributed by atoms with Crippen LogP contribution in [-0.4, -0.2) is 26.0 Å². The smallest absolute Gasteiger partial charge is 0.277 e. The minimum Gasteiger partial charge on any atom is -0.497 e. The fraction of sp³-hybridized carbons (Fsp3) is 0.0714. The van der Waals surface area contributed by atoms with E-state index in [2.05, 4.69) is 5.09 Å². The molecule has 0 atom stereocenters. The highest BCUT2D eigenvalue weighted by molar-refractivity contribution is 7.80. The van der Waals surface area contributed by atoms with Crippen molar-refractivity contribution in [2.24, 2.45) is 4.74 Å². The predicted molar refractivity (Wildman–Crippen MR) is 139 cm³/mol. The second-order valence-electron chi connectivity index (χ2n) is 7.61. The molecule has 0 bridgehead atoms. The van der Waals surface area contributed by atoms with Gasteiger partial charge >= 0.3 is 0 Å². The second-order valence-corrected chi connectivity index (χ2v) is 10.3. The summed E-state index contributed by atoms with van der Waals surface area (Å²) in [4.78, 5) is 27.0. The van der Waals surface area contributed by atoms with Crippen LogP contribution >= 0.6 is 7.21 Å². The third-order valence-corrected chi connectivity index (χ3v) is 8.55. The number of carbonyl (C=O) groups excluding carboxylic acids is 2. The van der Waals surface area contributed by atoms with Gasteiger partial charge in [-0.2, -0.15) is 4.74 Å². The predicted octanol–water partition coefficient (Wildman–Crippen LogP) is 5.04. The summed E-state index contributed by atoms with van der Waals surface area (Å²) in [7, 11) is 0.0681.